The first-order valence-electron chi connectivity index (χ1n) is 5.21. The molecular formula is C12H10Cl2N2O. The quantitative estimate of drug-likeness (QED) is 0.785. The van der Waals surface area contributed by atoms with Crippen LogP contribution in [0.1, 0.15) is 13.3 Å². The molecule has 3 nitrogen and oxygen atoms in total. The molecule has 0 saturated carbocycles. The predicted octanol–water partition coefficient (Wildman–Crippen LogP) is 3.26. The minimum Gasteiger partial charge on any atom is -0.307 e. The second-order valence-electron chi connectivity index (χ2n) is 4.04. The van der Waals surface area contributed by atoms with E-state index in [9.17, 15) is 4.79 Å². The standard InChI is InChI=1S/C12H10Cl2N2O/c1-7-8(6-15)4-12(17)16(7)11-5-9(13)2-3-10(11)14/h2-3,5,7-8H,4H2,1H3. The number of nitrogens with zero attached hydrogens (tertiary/aromatic N) is 2. The Morgan fingerprint density at radius 2 is 2.18 bits per heavy atom. The molecule has 1 aliphatic rings. The molecule has 0 aliphatic carbocycles. The molecule has 5 heteroatoms. The number of hydrogen-bond acceptors (Lipinski definition) is 2. The predicted molar refractivity (Wildman–Crippen MR) is 67.1 cm³/mol. The van der Waals surface area contributed by atoms with Crippen LogP contribution in [0.5, 0.6) is 0 Å². The Labute approximate surface area is 110 Å². The molecule has 0 spiro atoms. The highest BCUT2D eigenvalue weighted by Gasteiger charge is 2.38. The first-order chi connectivity index (χ1) is 8.04. The Bertz CT molecular complexity index is 510. The molecule has 88 valence electrons. The van der Waals surface area contributed by atoms with Gasteiger partial charge in [0.15, 0.2) is 0 Å². The molecule has 1 aromatic carbocycles. The van der Waals surface area contributed by atoms with Crippen molar-refractivity contribution in [3.05, 3.63) is 28.2 Å². The molecule has 0 N–H and O–H groups in total. The van der Waals surface area contributed by atoms with Crippen molar-refractivity contribution in [2.75, 3.05) is 4.90 Å². The summed E-state index contributed by atoms with van der Waals surface area (Å²) >= 11 is 12.0. The summed E-state index contributed by atoms with van der Waals surface area (Å²) in [5, 5.41) is 9.94. The summed E-state index contributed by atoms with van der Waals surface area (Å²) in [5.74, 6) is -0.384. The van der Waals surface area contributed by atoms with Crippen LogP contribution < -0.4 is 4.90 Å². The lowest BCUT2D eigenvalue weighted by atomic mass is 10.0. The number of halogens is 2. The lowest BCUT2D eigenvalue weighted by Crippen LogP contribution is -2.32. The average Bonchev–Trinajstić information content (AvgIpc) is 2.58. The summed E-state index contributed by atoms with van der Waals surface area (Å²) in [4.78, 5) is 13.4. The van der Waals surface area contributed by atoms with Crippen molar-refractivity contribution in [2.24, 2.45) is 5.92 Å². The fourth-order valence-corrected chi connectivity index (χ4v) is 2.42. The van der Waals surface area contributed by atoms with Gasteiger partial charge in [0.2, 0.25) is 5.91 Å². The smallest absolute Gasteiger partial charge is 0.228 e. The van der Waals surface area contributed by atoms with Gasteiger partial charge >= 0.3 is 0 Å². The highest BCUT2D eigenvalue weighted by molar-refractivity contribution is 6.35. The molecule has 2 unspecified atom stereocenters. The minimum atomic E-state index is -0.294. The zero-order valence-corrected chi connectivity index (χ0v) is 10.7. The lowest BCUT2D eigenvalue weighted by molar-refractivity contribution is -0.117. The molecule has 1 saturated heterocycles. The van der Waals surface area contributed by atoms with Crippen molar-refractivity contribution in [3.63, 3.8) is 0 Å². The number of rotatable bonds is 1. The van der Waals surface area contributed by atoms with Crippen LogP contribution in [0.25, 0.3) is 0 Å². The summed E-state index contributed by atoms with van der Waals surface area (Å²) in [7, 11) is 0. The van der Waals surface area contributed by atoms with Gasteiger partial charge in [0.25, 0.3) is 0 Å². The molecule has 2 rings (SSSR count). The number of anilines is 1. The zero-order chi connectivity index (χ0) is 12.6. The number of amides is 1. The van der Waals surface area contributed by atoms with E-state index in [0.29, 0.717) is 15.7 Å². The third-order valence-electron chi connectivity index (χ3n) is 2.99. The fourth-order valence-electron chi connectivity index (χ4n) is 2.04. The molecule has 1 fully saturated rings. The van der Waals surface area contributed by atoms with E-state index < -0.39 is 0 Å². The van der Waals surface area contributed by atoms with E-state index in [1.54, 1.807) is 23.1 Å². The molecule has 1 heterocycles. The Kier molecular flexibility index (Phi) is 3.28. The third-order valence-corrected chi connectivity index (χ3v) is 3.54. The van der Waals surface area contributed by atoms with Crippen LogP contribution >= 0.6 is 23.2 Å². The molecule has 17 heavy (non-hydrogen) atoms. The van der Waals surface area contributed by atoms with Crippen molar-refractivity contribution in [3.8, 4) is 6.07 Å². The van der Waals surface area contributed by atoms with Crippen molar-refractivity contribution < 1.29 is 4.79 Å². The Balaban J connectivity index is 2.44. The summed E-state index contributed by atoms with van der Waals surface area (Å²) in [6.07, 6.45) is 0.237. The van der Waals surface area contributed by atoms with Crippen molar-refractivity contribution in [2.45, 2.75) is 19.4 Å². The number of carbonyl (C=O) groups excluding carboxylic acids is 1. The highest BCUT2D eigenvalue weighted by Crippen LogP contribution is 2.36. The molecule has 0 bridgehead atoms. The van der Waals surface area contributed by atoms with E-state index in [1.807, 2.05) is 6.92 Å². The van der Waals surface area contributed by atoms with Crippen LogP contribution in [0.2, 0.25) is 10.0 Å². The van der Waals surface area contributed by atoms with Gasteiger partial charge in [-0.15, -0.1) is 0 Å². The molecule has 1 amide bonds. The Hall–Kier alpha value is -1.24. The van der Waals surface area contributed by atoms with E-state index in [-0.39, 0.29) is 24.3 Å². The highest BCUT2D eigenvalue weighted by atomic mass is 35.5. The molecule has 0 radical (unpaired) electrons. The molecule has 2 atom stereocenters. The maximum atomic E-state index is 11.9. The maximum Gasteiger partial charge on any atom is 0.228 e. The van der Waals surface area contributed by atoms with Crippen LogP contribution in [0.4, 0.5) is 5.69 Å². The van der Waals surface area contributed by atoms with Gasteiger partial charge in [0, 0.05) is 11.4 Å². The van der Waals surface area contributed by atoms with Crippen LogP contribution in [0, 0.1) is 17.2 Å². The van der Waals surface area contributed by atoms with E-state index in [0.717, 1.165) is 0 Å². The first kappa shape index (κ1) is 12.2. The summed E-state index contributed by atoms with van der Waals surface area (Å²) in [5.41, 5.74) is 0.578. The Morgan fingerprint density at radius 1 is 1.47 bits per heavy atom. The molecule has 1 aromatic rings. The number of hydrogen-bond donors (Lipinski definition) is 0. The van der Waals surface area contributed by atoms with Gasteiger partial charge in [-0.05, 0) is 25.1 Å². The normalized spacial score (nSPS) is 23.9. The topological polar surface area (TPSA) is 44.1 Å². The van der Waals surface area contributed by atoms with Crippen LogP contribution in [-0.4, -0.2) is 11.9 Å². The third kappa shape index (κ3) is 2.11. The number of nitriles is 1. The Morgan fingerprint density at radius 3 is 2.76 bits per heavy atom. The monoisotopic (exact) mass is 268 g/mol. The lowest BCUT2D eigenvalue weighted by Gasteiger charge is -2.23. The van der Waals surface area contributed by atoms with Gasteiger partial charge < -0.3 is 4.90 Å². The van der Waals surface area contributed by atoms with Crippen LogP contribution in [0.15, 0.2) is 18.2 Å². The van der Waals surface area contributed by atoms with Gasteiger partial charge in [-0.2, -0.15) is 5.26 Å². The van der Waals surface area contributed by atoms with Gasteiger partial charge in [0.1, 0.15) is 0 Å². The average molecular weight is 269 g/mol. The largest absolute Gasteiger partial charge is 0.307 e. The molecule has 0 aromatic heterocycles. The number of carbonyl (C=O) groups is 1. The van der Waals surface area contributed by atoms with Crippen molar-refractivity contribution in [1.82, 2.24) is 0 Å². The van der Waals surface area contributed by atoms with E-state index in [2.05, 4.69) is 6.07 Å². The van der Waals surface area contributed by atoms with Gasteiger partial charge in [-0.1, -0.05) is 23.2 Å². The summed E-state index contributed by atoms with van der Waals surface area (Å²) in [6.45, 7) is 1.84. The summed E-state index contributed by atoms with van der Waals surface area (Å²) < 4.78 is 0. The number of benzene rings is 1. The molecular weight excluding hydrogens is 259 g/mol. The zero-order valence-electron chi connectivity index (χ0n) is 9.15. The van der Waals surface area contributed by atoms with Crippen molar-refractivity contribution in [1.29, 1.82) is 5.26 Å². The second kappa shape index (κ2) is 4.56. The van der Waals surface area contributed by atoms with E-state index >= 15 is 0 Å². The van der Waals surface area contributed by atoms with Gasteiger partial charge in [0.05, 0.1) is 28.7 Å². The maximum absolute atomic E-state index is 11.9. The van der Waals surface area contributed by atoms with Crippen LogP contribution in [-0.2, 0) is 4.79 Å². The van der Waals surface area contributed by atoms with Gasteiger partial charge in [-0.3, -0.25) is 4.79 Å². The first-order valence-corrected chi connectivity index (χ1v) is 5.97. The van der Waals surface area contributed by atoms with Crippen LogP contribution in [0.3, 0.4) is 0 Å². The van der Waals surface area contributed by atoms with E-state index in [4.69, 9.17) is 28.5 Å². The second-order valence-corrected chi connectivity index (χ2v) is 4.88. The fraction of sp³-hybridized carbons (Fsp3) is 0.333. The molecule has 1 aliphatic heterocycles. The summed E-state index contributed by atoms with van der Waals surface area (Å²) in [6, 6.07) is 6.93. The minimum absolute atomic E-state index is 0.0896. The van der Waals surface area contributed by atoms with E-state index in [1.165, 1.54) is 0 Å². The SMILES string of the molecule is CC1C(C#N)CC(=O)N1c1cc(Cl)ccc1Cl. The van der Waals surface area contributed by atoms with Crippen molar-refractivity contribution >= 4 is 34.8 Å². The van der Waals surface area contributed by atoms with Gasteiger partial charge in [-0.25, -0.2) is 0 Å².